The van der Waals surface area contributed by atoms with Crippen LogP contribution in [0.2, 0.25) is 5.02 Å². The Kier molecular flexibility index (Phi) is 3.51. The minimum absolute atomic E-state index is 0. The molecule has 1 aromatic heterocycles. The van der Waals surface area contributed by atoms with Gasteiger partial charge in [0.15, 0.2) is 0 Å². The van der Waals surface area contributed by atoms with E-state index in [2.05, 4.69) is 27.0 Å². The molecule has 0 amide bonds. The first kappa shape index (κ1) is 11.5. The molecule has 0 unspecified atom stereocenters. The number of pyridine rings is 1. The fraction of sp³-hybridized carbons (Fsp3) is 0.182. The molecule has 0 fully saturated rings. The summed E-state index contributed by atoms with van der Waals surface area (Å²) in [7, 11) is 0. The van der Waals surface area contributed by atoms with Crippen molar-refractivity contribution >= 4 is 38.3 Å². The fourth-order valence-electron chi connectivity index (χ4n) is 1.37. The predicted molar refractivity (Wildman–Crippen MR) is 65.9 cm³/mol. The van der Waals surface area contributed by atoms with Gasteiger partial charge in [-0.15, -0.1) is 0 Å². The average molecular weight is 273 g/mol. The Morgan fingerprint density at radius 1 is 1.29 bits per heavy atom. The lowest BCUT2D eigenvalue weighted by molar-refractivity contribution is 1.34. The Bertz CT molecular complexity index is 468. The number of hydrogen-bond acceptors (Lipinski definition) is 1. The molecule has 0 N–H and O–H groups in total. The van der Waals surface area contributed by atoms with Gasteiger partial charge in [0.25, 0.3) is 0 Å². The van der Waals surface area contributed by atoms with Crippen molar-refractivity contribution in [2.75, 3.05) is 0 Å². The van der Waals surface area contributed by atoms with Crippen LogP contribution in [0.3, 0.4) is 0 Å². The van der Waals surface area contributed by atoms with Gasteiger partial charge in [-0.1, -0.05) is 19.0 Å². The SMILES string of the molecule is C.Cc1cc(Cl)c2c(Br)cncc2c1. The molecule has 0 aliphatic carbocycles. The fourth-order valence-corrected chi connectivity index (χ4v) is 2.43. The van der Waals surface area contributed by atoms with Crippen molar-refractivity contribution in [3.05, 3.63) is 39.6 Å². The van der Waals surface area contributed by atoms with E-state index in [-0.39, 0.29) is 7.43 Å². The summed E-state index contributed by atoms with van der Waals surface area (Å²) in [5, 5.41) is 2.87. The zero-order valence-electron chi connectivity index (χ0n) is 7.01. The highest BCUT2D eigenvalue weighted by Crippen LogP contribution is 2.30. The van der Waals surface area contributed by atoms with Gasteiger partial charge in [0.1, 0.15) is 0 Å². The zero-order valence-corrected chi connectivity index (χ0v) is 9.35. The van der Waals surface area contributed by atoms with Crippen molar-refractivity contribution in [3.63, 3.8) is 0 Å². The van der Waals surface area contributed by atoms with E-state index in [1.165, 1.54) is 0 Å². The Morgan fingerprint density at radius 3 is 2.71 bits per heavy atom. The molecule has 0 aliphatic rings. The Hall–Kier alpha value is -0.600. The first-order valence-electron chi connectivity index (χ1n) is 3.88. The van der Waals surface area contributed by atoms with E-state index in [0.29, 0.717) is 0 Å². The van der Waals surface area contributed by atoms with E-state index in [1.807, 2.05) is 19.2 Å². The van der Waals surface area contributed by atoms with E-state index in [4.69, 9.17) is 11.6 Å². The van der Waals surface area contributed by atoms with Crippen LogP contribution in [0.1, 0.15) is 13.0 Å². The van der Waals surface area contributed by atoms with Crippen molar-refractivity contribution < 1.29 is 0 Å². The number of benzene rings is 1. The quantitative estimate of drug-likeness (QED) is 0.683. The minimum atomic E-state index is 0. The van der Waals surface area contributed by atoms with Gasteiger partial charge in [0, 0.05) is 32.7 Å². The smallest absolute Gasteiger partial charge is 0.0499 e. The topological polar surface area (TPSA) is 12.9 Å². The molecule has 1 aromatic carbocycles. The Balaban J connectivity index is 0.000000980. The van der Waals surface area contributed by atoms with E-state index < -0.39 is 0 Å². The zero-order chi connectivity index (χ0) is 9.42. The third-order valence-electron chi connectivity index (χ3n) is 1.91. The number of nitrogens with zero attached hydrogens (tertiary/aromatic N) is 1. The second-order valence-electron chi connectivity index (χ2n) is 2.97. The molecule has 3 heteroatoms. The first-order chi connectivity index (χ1) is 6.18. The van der Waals surface area contributed by atoms with Gasteiger partial charge >= 0.3 is 0 Å². The van der Waals surface area contributed by atoms with Crippen LogP contribution in [0, 0.1) is 6.92 Å². The number of halogens is 2. The number of aromatic nitrogens is 1. The van der Waals surface area contributed by atoms with Gasteiger partial charge in [0.05, 0.1) is 0 Å². The molecule has 2 aromatic rings. The maximum absolute atomic E-state index is 6.11. The third kappa shape index (κ3) is 1.91. The Morgan fingerprint density at radius 2 is 2.00 bits per heavy atom. The molecule has 0 radical (unpaired) electrons. The highest BCUT2D eigenvalue weighted by atomic mass is 79.9. The van der Waals surface area contributed by atoms with E-state index in [9.17, 15) is 0 Å². The summed E-state index contributed by atoms with van der Waals surface area (Å²) in [6.07, 6.45) is 3.57. The van der Waals surface area contributed by atoms with E-state index in [0.717, 1.165) is 25.8 Å². The Labute approximate surface area is 97.2 Å². The summed E-state index contributed by atoms with van der Waals surface area (Å²) in [6.45, 7) is 2.02. The van der Waals surface area contributed by atoms with Crippen molar-refractivity contribution in [1.29, 1.82) is 0 Å². The molecule has 0 saturated heterocycles. The summed E-state index contributed by atoms with van der Waals surface area (Å²) in [4.78, 5) is 4.09. The highest BCUT2D eigenvalue weighted by molar-refractivity contribution is 9.10. The van der Waals surface area contributed by atoms with Gasteiger partial charge in [-0.25, -0.2) is 0 Å². The monoisotopic (exact) mass is 271 g/mol. The van der Waals surface area contributed by atoms with Gasteiger partial charge in [0.2, 0.25) is 0 Å². The molecule has 1 nitrogen and oxygen atoms in total. The number of aryl methyl sites for hydroxylation is 1. The van der Waals surface area contributed by atoms with Crippen LogP contribution in [-0.2, 0) is 0 Å². The van der Waals surface area contributed by atoms with Crippen LogP contribution in [0.25, 0.3) is 10.8 Å². The molecule has 1 heterocycles. The summed E-state index contributed by atoms with van der Waals surface area (Å²) in [6, 6.07) is 4.02. The lowest BCUT2D eigenvalue weighted by Crippen LogP contribution is -1.81. The van der Waals surface area contributed by atoms with Crippen molar-refractivity contribution in [3.8, 4) is 0 Å². The lowest BCUT2D eigenvalue weighted by Gasteiger charge is -2.03. The lowest BCUT2D eigenvalue weighted by atomic mass is 10.1. The largest absolute Gasteiger partial charge is 0.263 e. The summed E-state index contributed by atoms with van der Waals surface area (Å²) in [5.41, 5.74) is 1.15. The second-order valence-corrected chi connectivity index (χ2v) is 4.23. The van der Waals surface area contributed by atoms with Gasteiger partial charge in [-0.05, 0) is 40.5 Å². The normalized spacial score (nSPS) is 9.93. The molecule has 0 saturated carbocycles. The average Bonchev–Trinajstić information content (AvgIpc) is 2.02. The van der Waals surface area contributed by atoms with Crippen molar-refractivity contribution in [2.45, 2.75) is 14.4 Å². The van der Waals surface area contributed by atoms with E-state index in [1.54, 1.807) is 6.20 Å². The number of hydrogen-bond donors (Lipinski definition) is 0. The third-order valence-corrected chi connectivity index (χ3v) is 2.80. The van der Waals surface area contributed by atoms with Crippen LogP contribution >= 0.6 is 27.5 Å². The summed E-state index contributed by atoms with van der Waals surface area (Å²) in [5.74, 6) is 0. The number of rotatable bonds is 0. The standard InChI is InChI=1S/C10H7BrClN.CH4/c1-6-2-7-4-13-5-8(11)10(7)9(12)3-6;/h2-5H,1H3;1H4. The second kappa shape index (κ2) is 4.28. The summed E-state index contributed by atoms with van der Waals surface area (Å²) >= 11 is 9.54. The van der Waals surface area contributed by atoms with E-state index >= 15 is 0 Å². The molecule has 2 rings (SSSR count). The van der Waals surface area contributed by atoms with Gasteiger partial charge in [-0.3, -0.25) is 4.98 Å². The van der Waals surface area contributed by atoms with Gasteiger partial charge in [-0.2, -0.15) is 0 Å². The predicted octanol–water partition coefficient (Wildman–Crippen LogP) is 4.60. The maximum atomic E-state index is 6.11. The van der Waals surface area contributed by atoms with Crippen LogP contribution in [0.4, 0.5) is 0 Å². The molecule has 0 atom stereocenters. The van der Waals surface area contributed by atoms with Crippen molar-refractivity contribution in [1.82, 2.24) is 4.98 Å². The maximum Gasteiger partial charge on any atom is 0.0499 e. The minimum Gasteiger partial charge on any atom is -0.263 e. The molecular weight excluding hydrogens is 261 g/mol. The van der Waals surface area contributed by atoms with Crippen LogP contribution in [0.5, 0.6) is 0 Å². The van der Waals surface area contributed by atoms with Crippen molar-refractivity contribution in [2.24, 2.45) is 0 Å². The van der Waals surface area contributed by atoms with Crippen LogP contribution in [-0.4, -0.2) is 4.98 Å². The molecule has 74 valence electrons. The summed E-state index contributed by atoms with van der Waals surface area (Å²) < 4.78 is 0.940. The van der Waals surface area contributed by atoms with Crippen LogP contribution < -0.4 is 0 Å². The first-order valence-corrected chi connectivity index (χ1v) is 5.05. The molecular formula is C11H11BrClN. The van der Waals surface area contributed by atoms with Gasteiger partial charge < -0.3 is 0 Å². The molecule has 0 bridgehead atoms. The molecule has 0 aliphatic heterocycles. The molecule has 14 heavy (non-hydrogen) atoms. The van der Waals surface area contributed by atoms with Crippen LogP contribution in [0.15, 0.2) is 29.0 Å². The number of fused-ring (bicyclic) bond motifs is 1. The highest BCUT2D eigenvalue weighted by Gasteiger charge is 2.03. The molecule has 0 spiro atoms.